The van der Waals surface area contributed by atoms with Crippen molar-refractivity contribution in [2.24, 2.45) is 0 Å². The number of nitrogens with one attached hydrogen (secondary N) is 1. The molecule has 1 atom stereocenters. The molecule has 1 aromatic heterocycles. The second-order valence-electron chi connectivity index (χ2n) is 3.02. The SMILES string of the molecule is CC(NC(=O)O)C(=O)c1ncc(Cl)cc1Cl. The Labute approximate surface area is 101 Å². The lowest BCUT2D eigenvalue weighted by Crippen LogP contribution is -2.38. The average Bonchev–Trinajstić information content (AvgIpc) is 2.15. The number of carbonyl (C=O) groups excluding carboxylic acids is 1. The van der Waals surface area contributed by atoms with Crippen LogP contribution in [-0.2, 0) is 0 Å². The van der Waals surface area contributed by atoms with Crippen LogP contribution in [-0.4, -0.2) is 28.0 Å². The fraction of sp³-hybridized carbons (Fsp3) is 0.222. The Morgan fingerprint density at radius 3 is 2.62 bits per heavy atom. The minimum atomic E-state index is -1.29. The number of carboxylic acid groups (broad SMARTS) is 1. The number of carbonyl (C=O) groups is 2. The molecule has 1 heterocycles. The van der Waals surface area contributed by atoms with Gasteiger partial charge in [0.25, 0.3) is 0 Å². The van der Waals surface area contributed by atoms with Gasteiger partial charge in [-0.25, -0.2) is 9.78 Å². The third kappa shape index (κ3) is 3.08. The largest absolute Gasteiger partial charge is 0.465 e. The molecule has 0 saturated heterocycles. The molecule has 0 aliphatic rings. The van der Waals surface area contributed by atoms with Gasteiger partial charge in [-0.3, -0.25) is 4.79 Å². The van der Waals surface area contributed by atoms with Crippen LogP contribution < -0.4 is 5.32 Å². The van der Waals surface area contributed by atoms with Crippen molar-refractivity contribution >= 4 is 35.1 Å². The molecule has 86 valence electrons. The maximum Gasteiger partial charge on any atom is 0.405 e. The molecule has 0 fully saturated rings. The standard InChI is InChI=1S/C9H8Cl2N2O3/c1-4(13-9(15)16)8(14)7-6(11)2-5(10)3-12-7/h2-4,13H,1H3,(H,15,16). The van der Waals surface area contributed by atoms with Gasteiger partial charge >= 0.3 is 6.09 Å². The first-order chi connectivity index (χ1) is 7.41. The van der Waals surface area contributed by atoms with Gasteiger partial charge in [0.1, 0.15) is 5.69 Å². The number of aromatic nitrogens is 1. The van der Waals surface area contributed by atoms with E-state index in [1.54, 1.807) is 0 Å². The molecule has 1 rings (SSSR count). The van der Waals surface area contributed by atoms with Gasteiger partial charge in [-0.15, -0.1) is 0 Å². The third-order valence-electron chi connectivity index (χ3n) is 1.77. The van der Waals surface area contributed by atoms with E-state index in [9.17, 15) is 9.59 Å². The summed E-state index contributed by atoms with van der Waals surface area (Å²) in [7, 11) is 0. The zero-order valence-electron chi connectivity index (χ0n) is 8.20. The Bertz CT molecular complexity index is 437. The molecule has 1 amide bonds. The molecule has 0 aliphatic heterocycles. The summed E-state index contributed by atoms with van der Waals surface area (Å²) in [6.45, 7) is 1.41. The Balaban J connectivity index is 2.92. The van der Waals surface area contributed by atoms with Crippen LogP contribution >= 0.6 is 23.2 Å². The summed E-state index contributed by atoms with van der Waals surface area (Å²) < 4.78 is 0. The van der Waals surface area contributed by atoms with Gasteiger partial charge in [-0.2, -0.15) is 0 Å². The van der Waals surface area contributed by atoms with Crippen molar-refractivity contribution in [2.45, 2.75) is 13.0 Å². The van der Waals surface area contributed by atoms with E-state index in [0.29, 0.717) is 5.02 Å². The van der Waals surface area contributed by atoms with E-state index < -0.39 is 17.9 Å². The second kappa shape index (κ2) is 5.14. The summed E-state index contributed by atoms with van der Waals surface area (Å²) in [5, 5.41) is 10.9. The Morgan fingerprint density at radius 2 is 2.12 bits per heavy atom. The minimum Gasteiger partial charge on any atom is -0.465 e. The average molecular weight is 263 g/mol. The number of hydrogen-bond donors (Lipinski definition) is 2. The van der Waals surface area contributed by atoms with Crippen LogP contribution in [0, 0.1) is 0 Å². The molecule has 0 aliphatic carbocycles. The zero-order valence-corrected chi connectivity index (χ0v) is 9.71. The highest BCUT2D eigenvalue weighted by molar-refractivity contribution is 6.36. The lowest BCUT2D eigenvalue weighted by atomic mass is 10.1. The summed E-state index contributed by atoms with van der Waals surface area (Å²) in [6, 6.07) is 0.459. The van der Waals surface area contributed by atoms with Crippen molar-refractivity contribution in [2.75, 3.05) is 0 Å². The summed E-state index contributed by atoms with van der Waals surface area (Å²) in [4.78, 5) is 25.8. The van der Waals surface area contributed by atoms with Crippen LogP contribution in [0.1, 0.15) is 17.4 Å². The highest BCUT2D eigenvalue weighted by Gasteiger charge is 2.20. The fourth-order valence-electron chi connectivity index (χ4n) is 1.05. The van der Waals surface area contributed by atoms with E-state index in [1.807, 2.05) is 5.32 Å². The topological polar surface area (TPSA) is 79.3 Å². The van der Waals surface area contributed by atoms with Crippen molar-refractivity contribution in [1.82, 2.24) is 10.3 Å². The number of Topliss-reactive ketones (excluding diaryl/α,β-unsaturated/α-hetero) is 1. The lowest BCUT2D eigenvalue weighted by molar-refractivity contribution is 0.0940. The molecule has 2 N–H and O–H groups in total. The van der Waals surface area contributed by atoms with Crippen LogP contribution in [0.3, 0.4) is 0 Å². The quantitative estimate of drug-likeness (QED) is 0.819. The minimum absolute atomic E-state index is 0.00711. The van der Waals surface area contributed by atoms with E-state index >= 15 is 0 Å². The molecular weight excluding hydrogens is 255 g/mol. The van der Waals surface area contributed by atoms with E-state index in [4.69, 9.17) is 28.3 Å². The Morgan fingerprint density at radius 1 is 1.50 bits per heavy atom. The first-order valence-corrected chi connectivity index (χ1v) is 5.02. The Kier molecular flexibility index (Phi) is 4.09. The lowest BCUT2D eigenvalue weighted by Gasteiger charge is -2.10. The van der Waals surface area contributed by atoms with E-state index in [1.165, 1.54) is 19.2 Å². The Hall–Kier alpha value is -1.33. The van der Waals surface area contributed by atoms with Crippen LogP contribution in [0.5, 0.6) is 0 Å². The number of hydrogen-bond acceptors (Lipinski definition) is 3. The molecule has 0 radical (unpaired) electrons. The van der Waals surface area contributed by atoms with Gasteiger partial charge in [-0.05, 0) is 13.0 Å². The van der Waals surface area contributed by atoms with Crippen molar-refractivity contribution in [3.63, 3.8) is 0 Å². The molecule has 0 bridgehead atoms. The highest BCUT2D eigenvalue weighted by Crippen LogP contribution is 2.19. The number of halogens is 2. The monoisotopic (exact) mass is 262 g/mol. The van der Waals surface area contributed by atoms with Crippen LogP contribution in [0.25, 0.3) is 0 Å². The van der Waals surface area contributed by atoms with Gasteiger partial charge in [0.2, 0.25) is 5.78 Å². The molecule has 1 aromatic rings. The fourth-order valence-corrected chi connectivity index (χ4v) is 1.52. The van der Waals surface area contributed by atoms with Gasteiger partial charge in [-0.1, -0.05) is 23.2 Å². The number of rotatable bonds is 3. The van der Waals surface area contributed by atoms with Crippen molar-refractivity contribution in [1.29, 1.82) is 0 Å². The van der Waals surface area contributed by atoms with Gasteiger partial charge in [0.05, 0.1) is 16.1 Å². The molecule has 5 nitrogen and oxygen atoms in total. The van der Waals surface area contributed by atoms with E-state index in [0.717, 1.165) is 0 Å². The first-order valence-electron chi connectivity index (χ1n) is 4.26. The maximum atomic E-state index is 11.7. The predicted octanol–water partition coefficient (Wildman–Crippen LogP) is 2.23. The molecule has 0 spiro atoms. The number of ketones is 1. The molecular formula is C9H8Cl2N2O3. The second-order valence-corrected chi connectivity index (χ2v) is 3.86. The number of amides is 1. The van der Waals surface area contributed by atoms with E-state index in [2.05, 4.69) is 4.98 Å². The molecule has 1 unspecified atom stereocenters. The number of nitrogens with zero attached hydrogens (tertiary/aromatic N) is 1. The molecule has 16 heavy (non-hydrogen) atoms. The smallest absolute Gasteiger partial charge is 0.405 e. The highest BCUT2D eigenvalue weighted by atomic mass is 35.5. The predicted molar refractivity (Wildman–Crippen MR) is 59.2 cm³/mol. The summed E-state index contributed by atoms with van der Waals surface area (Å²) in [5.74, 6) is -0.510. The molecule has 0 saturated carbocycles. The van der Waals surface area contributed by atoms with Crippen molar-refractivity contribution in [3.05, 3.63) is 28.0 Å². The number of pyridine rings is 1. The van der Waals surface area contributed by atoms with Crippen molar-refractivity contribution < 1.29 is 14.7 Å². The summed E-state index contributed by atoms with van der Waals surface area (Å²) >= 11 is 11.4. The van der Waals surface area contributed by atoms with Gasteiger partial charge in [0.15, 0.2) is 0 Å². The third-order valence-corrected chi connectivity index (χ3v) is 2.27. The summed E-state index contributed by atoms with van der Waals surface area (Å²) in [6.07, 6.45) is -0.0142. The van der Waals surface area contributed by atoms with Gasteiger partial charge in [0, 0.05) is 6.20 Å². The maximum absolute atomic E-state index is 11.7. The normalized spacial score (nSPS) is 11.9. The van der Waals surface area contributed by atoms with E-state index in [-0.39, 0.29) is 10.7 Å². The van der Waals surface area contributed by atoms with Crippen molar-refractivity contribution in [3.8, 4) is 0 Å². The van der Waals surface area contributed by atoms with Crippen LogP contribution in [0.15, 0.2) is 12.3 Å². The first kappa shape index (κ1) is 12.7. The zero-order chi connectivity index (χ0) is 12.3. The van der Waals surface area contributed by atoms with Crippen LogP contribution in [0.4, 0.5) is 4.79 Å². The molecule has 0 aromatic carbocycles. The van der Waals surface area contributed by atoms with Crippen LogP contribution in [0.2, 0.25) is 10.0 Å². The van der Waals surface area contributed by atoms with Gasteiger partial charge < -0.3 is 10.4 Å². The summed E-state index contributed by atoms with van der Waals surface area (Å²) in [5.41, 5.74) is -0.00711. The molecule has 7 heteroatoms.